The van der Waals surface area contributed by atoms with Crippen LogP contribution in [-0.2, 0) is 16.1 Å². The van der Waals surface area contributed by atoms with Crippen molar-refractivity contribution < 1.29 is 14.3 Å². The third kappa shape index (κ3) is 2.33. The van der Waals surface area contributed by atoms with Gasteiger partial charge in [0.05, 0.1) is 6.54 Å². The zero-order valence-electron chi connectivity index (χ0n) is 12.2. The van der Waals surface area contributed by atoms with Crippen LogP contribution in [0, 0.1) is 0 Å². The molecule has 3 heterocycles. The second-order valence-electron chi connectivity index (χ2n) is 5.09. The van der Waals surface area contributed by atoms with Crippen LogP contribution >= 0.6 is 11.3 Å². The third-order valence-corrected chi connectivity index (χ3v) is 4.41. The average molecular weight is 317 g/mol. The standard InChI is InChI=1S/C15H15N3O3S/c1-15(13(19)17-9-10-5-4-8-22-10)14(20)18(2)12-11(21-15)6-3-7-16-12/h3-8H,9H2,1-2H3,(H,17,19)/t15-/m1/s1. The molecular formula is C15H15N3O3S. The number of hydrogen-bond acceptors (Lipinski definition) is 5. The van der Waals surface area contributed by atoms with Crippen molar-refractivity contribution in [3.05, 3.63) is 40.7 Å². The number of rotatable bonds is 3. The van der Waals surface area contributed by atoms with E-state index in [4.69, 9.17) is 4.74 Å². The molecule has 0 aliphatic carbocycles. The van der Waals surface area contributed by atoms with Gasteiger partial charge in [-0.2, -0.15) is 0 Å². The number of aromatic nitrogens is 1. The molecule has 0 fully saturated rings. The maximum atomic E-state index is 12.5. The summed E-state index contributed by atoms with van der Waals surface area (Å²) in [4.78, 5) is 31.5. The second kappa shape index (κ2) is 5.42. The van der Waals surface area contributed by atoms with Crippen molar-refractivity contribution >= 4 is 29.0 Å². The lowest BCUT2D eigenvalue weighted by atomic mass is 10.0. The van der Waals surface area contributed by atoms with Crippen molar-refractivity contribution in [3.63, 3.8) is 0 Å². The Labute approximate surface area is 131 Å². The van der Waals surface area contributed by atoms with Gasteiger partial charge in [-0.05, 0) is 30.5 Å². The minimum Gasteiger partial charge on any atom is -0.464 e. The number of anilines is 1. The van der Waals surface area contributed by atoms with Crippen LogP contribution < -0.4 is 15.0 Å². The second-order valence-corrected chi connectivity index (χ2v) is 6.12. The van der Waals surface area contributed by atoms with E-state index >= 15 is 0 Å². The van der Waals surface area contributed by atoms with Crippen LogP contribution in [0.15, 0.2) is 35.8 Å². The lowest BCUT2D eigenvalue weighted by Gasteiger charge is -2.36. The number of nitrogens with zero attached hydrogens (tertiary/aromatic N) is 2. The van der Waals surface area contributed by atoms with Gasteiger partial charge in [0.15, 0.2) is 11.6 Å². The van der Waals surface area contributed by atoms with Crippen molar-refractivity contribution in [2.75, 3.05) is 11.9 Å². The fourth-order valence-electron chi connectivity index (χ4n) is 2.29. The number of fused-ring (bicyclic) bond motifs is 1. The van der Waals surface area contributed by atoms with Gasteiger partial charge in [-0.25, -0.2) is 4.98 Å². The number of hydrogen-bond donors (Lipinski definition) is 1. The van der Waals surface area contributed by atoms with E-state index in [1.807, 2.05) is 17.5 Å². The molecule has 7 heteroatoms. The Bertz CT molecular complexity index is 717. The quantitative estimate of drug-likeness (QED) is 0.872. The Morgan fingerprint density at radius 1 is 1.45 bits per heavy atom. The fraction of sp³-hybridized carbons (Fsp3) is 0.267. The summed E-state index contributed by atoms with van der Waals surface area (Å²) in [5, 5.41) is 4.69. The Balaban J connectivity index is 1.82. The summed E-state index contributed by atoms with van der Waals surface area (Å²) in [6, 6.07) is 7.22. The largest absolute Gasteiger partial charge is 0.464 e. The smallest absolute Gasteiger partial charge is 0.281 e. The molecule has 0 unspecified atom stereocenters. The highest BCUT2D eigenvalue weighted by Crippen LogP contribution is 2.35. The molecule has 1 atom stereocenters. The summed E-state index contributed by atoms with van der Waals surface area (Å²) in [6.45, 7) is 1.85. The number of amides is 2. The van der Waals surface area contributed by atoms with Gasteiger partial charge in [0.1, 0.15) is 0 Å². The predicted molar refractivity (Wildman–Crippen MR) is 82.8 cm³/mol. The number of carbonyl (C=O) groups excluding carboxylic acids is 2. The van der Waals surface area contributed by atoms with Gasteiger partial charge in [-0.15, -0.1) is 11.3 Å². The predicted octanol–water partition coefficient (Wildman–Crippen LogP) is 1.57. The van der Waals surface area contributed by atoms with Crippen LogP contribution in [0.3, 0.4) is 0 Å². The summed E-state index contributed by atoms with van der Waals surface area (Å²) >= 11 is 1.54. The Morgan fingerprint density at radius 3 is 3.00 bits per heavy atom. The number of likely N-dealkylation sites (N-methyl/N-ethyl adjacent to an activating group) is 1. The number of thiophene rings is 1. The van der Waals surface area contributed by atoms with Gasteiger partial charge in [0.2, 0.25) is 0 Å². The third-order valence-electron chi connectivity index (χ3n) is 3.53. The van der Waals surface area contributed by atoms with Crippen LogP contribution in [0.4, 0.5) is 5.82 Å². The fourth-order valence-corrected chi connectivity index (χ4v) is 2.93. The maximum absolute atomic E-state index is 12.5. The van der Waals surface area contributed by atoms with E-state index in [1.54, 1.807) is 25.4 Å². The lowest BCUT2D eigenvalue weighted by molar-refractivity contribution is -0.148. The Kier molecular flexibility index (Phi) is 3.58. The first-order chi connectivity index (χ1) is 10.5. The summed E-state index contributed by atoms with van der Waals surface area (Å²) in [6.07, 6.45) is 1.57. The molecule has 1 N–H and O–H groups in total. The van der Waals surface area contributed by atoms with Gasteiger partial charge in [0, 0.05) is 18.1 Å². The molecule has 0 saturated carbocycles. The monoisotopic (exact) mass is 317 g/mol. The highest BCUT2D eigenvalue weighted by atomic mass is 32.1. The molecule has 22 heavy (non-hydrogen) atoms. The number of nitrogens with one attached hydrogen (secondary N) is 1. The van der Waals surface area contributed by atoms with Gasteiger partial charge in [-0.3, -0.25) is 14.5 Å². The molecule has 2 aromatic rings. The Hall–Kier alpha value is -2.41. The molecule has 0 bridgehead atoms. The van der Waals surface area contributed by atoms with E-state index in [1.165, 1.54) is 23.2 Å². The number of pyridine rings is 1. The zero-order valence-corrected chi connectivity index (χ0v) is 13.0. The summed E-state index contributed by atoms with van der Waals surface area (Å²) in [7, 11) is 1.58. The van der Waals surface area contributed by atoms with Gasteiger partial charge >= 0.3 is 0 Å². The minimum atomic E-state index is -1.60. The molecule has 0 radical (unpaired) electrons. The van der Waals surface area contributed by atoms with E-state index in [0.717, 1.165) is 4.88 Å². The molecule has 114 valence electrons. The van der Waals surface area contributed by atoms with Gasteiger partial charge < -0.3 is 10.1 Å². The van der Waals surface area contributed by atoms with Gasteiger partial charge in [-0.1, -0.05) is 6.07 Å². The van der Waals surface area contributed by atoms with E-state index < -0.39 is 17.4 Å². The minimum absolute atomic E-state index is 0.367. The van der Waals surface area contributed by atoms with Crippen molar-refractivity contribution in [3.8, 4) is 5.75 Å². The van der Waals surface area contributed by atoms with Crippen LogP contribution in [-0.4, -0.2) is 29.4 Å². The highest BCUT2D eigenvalue weighted by molar-refractivity contribution is 7.09. The van der Waals surface area contributed by atoms with Crippen molar-refractivity contribution in [2.45, 2.75) is 19.1 Å². The first-order valence-corrected chi connectivity index (χ1v) is 7.63. The zero-order chi connectivity index (χ0) is 15.7. The first kappa shape index (κ1) is 14.5. The highest BCUT2D eigenvalue weighted by Gasteiger charge is 2.50. The molecule has 2 amide bonds. The van der Waals surface area contributed by atoms with E-state index in [9.17, 15) is 9.59 Å². The van der Waals surface area contributed by atoms with E-state index in [0.29, 0.717) is 18.1 Å². The SMILES string of the molecule is CN1C(=O)[C@@](C)(C(=O)NCc2cccs2)Oc2cccnc21. The normalized spacial score (nSPS) is 20.3. The van der Waals surface area contributed by atoms with Crippen LogP contribution in [0.25, 0.3) is 0 Å². The first-order valence-electron chi connectivity index (χ1n) is 6.75. The molecule has 0 aromatic carbocycles. The van der Waals surface area contributed by atoms with Crippen LogP contribution in [0.1, 0.15) is 11.8 Å². The van der Waals surface area contributed by atoms with Gasteiger partial charge in [0.25, 0.3) is 17.4 Å². The maximum Gasteiger partial charge on any atom is 0.281 e. The molecule has 2 aromatic heterocycles. The molecule has 0 spiro atoms. The van der Waals surface area contributed by atoms with Crippen molar-refractivity contribution in [2.24, 2.45) is 0 Å². The molecule has 1 aliphatic heterocycles. The molecular weight excluding hydrogens is 302 g/mol. The van der Waals surface area contributed by atoms with E-state index in [2.05, 4.69) is 10.3 Å². The van der Waals surface area contributed by atoms with Crippen LogP contribution in [0.2, 0.25) is 0 Å². The van der Waals surface area contributed by atoms with Crippen LogP contribution in [0.5, 0.6) is 5.75 Å². The van der Waals surface area contributed by atoms with Crippen molar-refractivity contribution in [1.82, 2.24) is 10.3 Å². The Morgan fingerprint density at radius 2 is 2.27 bits per heavy atom. The van der Waals surface area contributed by atoms with Crippen molar-refractivity contribution in [1.29, 1.82) is 0 Å². The summed E-state index contributed by atoms with van der Waals surface area (Å²) in [5.41, 5.74) is -1.60. The van der Waals surface area contributed by atoms with E-state index in [-0.39, 0.29) is 0 Å². The molecule has 1 aliphatic rings. The molecule has 3 rings (SSSR count). The molecule has 6 nitrogen and oxygen atoms in total. The lowest BCUT2D eigenvalue weighted by Crippen LogP contribution is -2.61. The summed E-state index contributed by atoms with van der Waals surface area (Å²) < 4.78 is 5.67. The summed E-state index contributed by atoms with van der Waals surface area (Å²) in [5.74, 6) is -0.0796. The number of ether oxygens (including phenoxy) is 1. The topological polar surface area (TPSA) is 71.5 Å². The molecule has 0 saturated heterocycles. The average Bonchev–Trinajstić information content (AvgIpc) is 3.04. The number of carbonyl (C=O) groups is 2.